The molecule has 2 aromatic rings. The Labute approximate surface area is 115 Å². The van der Waals surface area contributed by atoms with Gasteiger partial charge in [0.2, 0.25) is 0 Å². The lowest BCUT2D eigenvalue weighted by molar-refractivity contribution is 0.405. The number of nitrogen functional groups attached to an aromatic ring is 1. The fourth-order valence-electron chi connectivity index (χ4n) is 1.95. The summed E-state index contributed by atoms with van der Waals surface area (Å²) in [5, 5.41) is 4.21. The summed E-state index contributed by atoms with van der Waals surface area (Å²) in [7, 11) is 0. The molecule has 0 atom stereocenters. The van der Waals surface area contributed by atoms with Crippen molar-refractivity contribution >= 4 is 5.82 Å². The van der Waals surface area contributed by atoms with Gasteiger partial charge >= 0.3 is 0 Å². The molecule has 6 heteroatoms. The Bertz CT molecular complexity index is 619. The highest BCUT2D eigenvalue weighted by atomic mass is 19.2. The first kappa shape index (κ1) is 14.4. The number of rotatable bonds is 2. The van der Waals surface area contributed by atoms with Crippen molar-refractivity contribution in [1.82, 2.24) is 9.78 Å². The highest BCUT2D eigenvalue weighted by Gasteiger charge is 2.17. The van der Waals surface area contributed by atoms with Crippen LogP contribution in [0.3, 0.4) is 0 Å². The van der Waals surface area contributed by atoms with E-state index in [-0.39, 0.29) is 16.9 Å². The third kappa shape index (κ3) is 2.95. The van der Waals surface area contributed by atoms with Crippen LogP contribution < -0.4 is 5.73 Å². The molecule has 0 spiro atoms. The average molecular weight is 283 g/mol. The fraction of sp³-hybridized carbons (Fsp3) is 0.357. The summed E-state index contributed by atoms with van der Waals surface area (Å²) in [6, 6.07) is 3.37. The second kappa shape index (κ2) is 4.85. The van der Waals surface area contributed by atoms with Crippen molar-refractivity contribution in [1.29, 1.82) is 0 Å². The van der Waals surface area contributed by atoms with Gasteiger partial charge in [-0.1, -0.05) is 20.8 Å². The van der Waals surface area contributed by atoms with Gasteiger partial charge in [0.1, 0.15) is 5.82 Å². The van der Waals surface area contributed by atoms with Gasteiger partial charge in [0.25, 0.3) is 0 Å². The summed E-state index contributed by atoms with van der Waals surface area (Å²) in [5.74, 6) is -3.80. The second-order valence-electron chi connectivity index (χ2n) is 5.93. The van der Waals surface area contributed by atoms with Gasteiger partial charge in [0.15, 0.2) is 17.5 Å². The van der Waals surface area contributed by atoms with Crippen LogP contribution in [0, 0.1) is 22.9 Å². The van der Waals surface area contributed by atoms with Crippen molar-refractivity contribution in [2.24, 2.45) is 5.41 Å². The maximum atomic E-state index is 13.2. The summed E-state index contributed by atoms with van der Waals surface area (Å²) >= 11 is 0. The first-order chi connectivity index (χ1) is 9.17. The molecule has 1 heterocycles. The van der Waals surface area contributed by atoms with Crippen LogP contribution in [-0.4, -0.2) is 9.78 Å². The van der Waals surface area contributed by atoms with E-state index in [1.165, 1.54) is 4.68 Å². The molecular weight excluding hydrogens is 267 g/mol. The minimum Gasteiger partial charge on any atom is -0.384 e. The molecule has 108 valence electrons. The number of halogens is 3. The van der Waals surface area contributed by atoms with Gasteiger partial charge in [-0.2, -0.15) is 5.10 Å². The summed E-state index contributed by atoms with van der Waals surface area (Å²) in [4.78, 5) is 0. The van der Waals surface area contributed by atoms with E-state index in [1.807, 2.05) is 20.8 Å². The van der Waals surface area contributed by atoms with Gasteiger partial charge in [-0.3, -0.25) is 0 Å². The van der Waals surface area contributed by atoms with E-state index >= 15 is 0 Å². The standard InChI is InChI=1S/C14H16F3N3/c1-14(2,3)7-8-4-12(18)20(19-8)9-5-10(15)13(17)11(16)6-9/h4-6H,7,18H2,1-3H3. The van der Waals surface area contributed by atoms with E-state index in [0.717, 1.165) is 12.1 Å². The molecule has 0 bridgehead atoms. The number of anilines is 1. The van der Waals surface area contributed by atoms with Gasteiger partial charge in [-0.15, -0.1) is 0 Å². The lowest BCUT2D eigenvalue weighted by atomic mass is 9.91. The molecule has 0 radical (unpaired) electrons. The first-order valence-corrected chi connectivity index (χ1v) is 6.17. The van der Waals surface area contributed by atoms with Crippen LogP contribution in [0.5, 0.6) is 0 Å². The number of nitrogens with zero attached hydrogens (tertiary/aromatic N) is 2. The van der Waals surface area contributed by atoms with Gasteiger partial charge in [0.05, 0.1) is 11.4 Å². The van der Waals surface area contributed by atoms with Gasteiger partial charge in [-0.05, 0) is 11.8 Å². The Morgan fingerprint density at radius 1 is 1.10 bits per heavy atom. The SMILES string of the molecule is CC(C)(C)Cc1cc(N)n(-c2cc(F)c(F)c(F)c2)n1. The number of benzene rings is 1. The molecule has 0 saturated heterocycles. The van der Waals surface area contributed by atoms with E-state index in [9.17, 15) is 13.2 Å². The summed E-state index contributed by atoms with van der Waals surface area (Å²) < 4.78 is 40.6. The monoisotopic (exact) mass is 283 g/mol. The van der Waals surface area contributed by atoms with Crippen molar-refractivity contribution in [2.45, 2.75) is 27.2 Å². The largest absolute Gasteiger partial charge is 0.384 e. The molecular formula is C14H16F3N3. The van der Waals surface area contributed by atoms with Crippen molar-refractivity contribution in [3.8, 4) is 5.69 Å². The van der Waals surface area contributed by atoms with Gasteiger partial charge in [-0.25, -0.2) is 17.9 Å². The molecule has 0 unspecified atom stereocenters. The Balaban J connectivity index is 2.43. The predicted octanol–water partition coefficient (Wildman–Crippen LogP) is 3.46. The Hall–Kier alpha value is -1.98. The average Bonchev–Trinajstić information content (AvgIpc) is 2.63. The molecule has 0 saturated carbocycles. The molecule has 0 fully saturated rings. The maximum Gasteiger partial charge on any atom is 0.194 e. The molecule has 1 aromatic carbocycles. The Morgan fingerprint density at radius 3 is 2.15 bits per heavy atom. The summed E-state index contributed by atoms with van der Waals surface area (Å²) in [6.45, 7) is 6.12. The molecule has 2 N–H and O–H groups in total. The van der Waals surface area contributed by atoms with E-state index in [2.05, 4.69) is 5.10 Å². The lowest BCUT2D eigenvalue weighted by Gasteiger charge is -2.15. The summed E-state index contributed by atoms with van der Waals surface area (Å²) in [6.07, 6.45) is 0.663. The van der Waals surface area contributed by atoms with Crippen LogP contribution in [0.4, 0.5) is 19.0 Å². The lowest BCUT2D eigenvalue weighted by Crippen LogP contribution is -2.10. The molecule has 2 rings (SSSR count). The minimum atomic E-state index is -1.51. The molecule has 0 aliphatic carbocycles. The zero-order valence-electron chi connectivity index (χ0n) is 11.5. The fourth-order valence-corrected chi connectivity index (χ4v) is 1.95. The van der Waals surface area contributed by atoms with E-state index in [4.69, 9.17) is 5.73 Å². The van der Waals surface area contributed by atoms with Gasteiger partial charge < -0.3 is 5.73 Å². The molecule has 0 aliphatic rings. The zero-order chi connectivity index (χ0) is 15.1. The van der Waals surface area contributed by atoms with Crippen LogP contribution in [-0.2, 0) is 6.42 Å². The molecule has 20 heavy (non-hydrogen) atoms. The first-order valence-electron chi connectivity index (χ1n) is 6.17. The van der Waals surface area contributed by atoms with E-state index in [0.29, 0.717) is 12.1 Å². The highest BCUT2D eigenvalue weighted by Crippen LogP contribution is 2.24. The Morgan fingerprint density at radius 2 is 1.65 bits per heavy atom. The van der Waals surface area contributed by atoms with Crippen molar-refractivity contribution in [2.75, 3.05) is 5.73 Å². The van der Waals surface area contributed by atoms with E-state index in [1.54, 1.807) is 6.07 Å². The molecule has 3 nitrogen and oxygen atoms in total. The second-order valence-corrected chi connectivity index (χ2v) is 5.93. The summed E-state index contributed by atoms with van der Waals surface area (Å²) in [5.41, 5.74) is 6.56. The minimum absolute atomic E-state index is 0.00488. The third-order valence-corrected chi connectivity index (χ3v) is 2.71. The van der Waals surface area contributed by atoms with Crippen LogP contribution in [0.25, 0.3) is 5.69 Å². The van der Waals surface area contributed by atoms with Crippen LogP contribution in [0.1, 0.15) is 26.5 Å². The smallest absolute Gasteiger partial charge is 0.194 e. The van der Waals surface area contributed by atoms with Crippen LogP contribution in [0.2, 0.25) is 0 Å². The third-order valence-electron chi connectivity index (χ3n) is 2.71. The zero-order valence-corrected chi connectivity index (χ0v) is 11.5. The van der Waals surface area contributed by atoms with E-state index < -0.39 is 17.5 Å². The van der Waals surface area contributed by atoms with Crippen molar-refractivity contribution in [3.63, 3.8) is 0 Å². The highest BCUT2D eigenvalue weighted by molar-refractivity contribution is 5.43. The quantitative estimate of drug-likeness (QED) is 0.858. The Kier molecular flexibility index (Phi) is 3.50. The molecule has 0 aliphatic heterocycles. The van der Waals surface area contributed by atoms with Gasteiger partial charge in [0, 0.05) is 18.2 Å². The normalized spacial score (nSPS) is 11.9. The molecule has 1 aromatic heterocycles. The van der Waals surface area contributed by atoms with Crippen molar-refractivity contribution < 1.29 is 13.2 Å². The maximum absolute atomic E-state index is 13.2. The van der Waals surface area contributed by atoms with Crippen LogP contribution in [0.15, 0.2) is 18.2 Å². The number of nitrogens with two attached hydrogens (primary N) is 1. The van der Waals surface area contributed by atoms with Crippen molar-refractivity contribution in [3.05, 3.63) is 41.3 Å². The topological polar surface area (TPSA) is 43.8 Å². The number of hydrogen-bond acceptors (Lipinski definition) is 2. The predicted molar refractivity (Wildman–Crippen MR) is 71.0 cm³/mol. The number of aromatic nitrogens is 2. The van der Waals surface area contributed by atoms with Crippen LogP contribution >= 0.6 is 0 Å². The number of hydrogen-bond donors (Lipinski definition) is 1. The molecule has 0 amide bonds.